The number of allylic oxidation sites excluding steroid dienone is 1. The van der Waals surface area contributed by atoms with Gasteiger partial charge in [0.2, 0.25) is 0 Å². The van der Waals surface area contributed by atoms with Crippen LogP contribution in [0.4, 0.5) is 0 Å². The Kier molecular flexibility index (Phi) is 8.27. The summed E-state index contributed by atoms with van der Waals surface area (Å²) in [7, 11) is 0. The van der Waals surface area contributed by atoms with Gasteiger partial charge in [-0.25, -0.2) is 4.79 Å². The van der Waals surface area contributed by atoms with Crippen molar-refractivity contribution in [3.8, 4) is 5.75 Å². The molecule has 11 heteroatoms. The molecule has 3 saturated heterocycles. The fourth-order valence-electron chi connectivity index (χ4n) is 5.89. The molecule has 0 saturated carbocycles. The number of phenols is 1. The molecule has 1 aliphatic carbocycles. The highest BCUT2D eigenvalue weighted by atomic mass is 16.6. The van der Waals surface area contributed by atoms with Crippen LogP contribution in [0.5, 0.6) is 5.75 Å². The normalized spacial score (nSPS) is 37.0. The number of benzene rings is 1. The predicted octanol–water partition coefficient (Wildman–Crippen LogP) is 0.858. The van der Waals surface area contributed by atoms with Gasteiger partial charge in [0.25, 0.3) is 0 Å². The first-order chi connectivity index (χ1) is 19.1. The molecule has 5 rings (SSSR count). The maximum atomic E-state index is 12.4. The molecule has 1 aromatic carbocycles. The average Bonchev–Trinajstić information content (AvgIpc) is 3.41. The molecule has 11 nitrogen and oxygen atoms in total. The first-order valence-electron chi connectivity index (χ1n) is 13.5. The molecule has 0 amide bonds. The van der Waals surface area contributed by atoms with E-state index in [1.807, 2.05) is 12.2 Å². The van der Waals surface area contributed by atoms with Gasteiger partial charge in [-0.1, -0.05) is 30.7 Å². The average molecular weight is 559 g/mol. The van der Waals surface area contributed by atoms with Crippen LogP contribution >= 0.6 is 0 Å². The van der Waals surface area contributed by atoms with Crippen molar-refractivity contribution in [2.24, 2.45) is 11.8 Å². The van der Waals surface area contributed by atoms with E-state index < -0.39 is 54.6 Å². The van der Waals surface area contributed by atoms with E-state index in [0.717, 1.165) is 5.57 Å². The number of fused-ring (bicyclic) bond motifs is 4. The van der Waals surface area contributed by atoms with E-state index in [-0.39, 0.29) is 43.1 Å². The van der Waals surface area contributed by atoms with Crippen LogP contribution in [0, 0.1) is 11.8 Å². The van der Waals surface area contributed by atoms with Crippen LogP contribution in [0.25, 0.3) is 0 Å². The van der Waals surface area contributed by atoms with E-state index in [9.17, 15) is 34.8 Å². The fraction of sp³-hybridized carbons (Fsp3) is 0.552. The van der Waals surface area contributed by atoms with Gasteiger partial charge in [0.05, 0.1) is 24.4 Å². The summed E-state index contributed by atoms with van der Waals surface area (Å²) in [5, 5.41) is 41.2. The Morgan fingerprint density at radius 1 is 1.02 bits per heavy atom. The van der Waals surface area contributed by atoms with E-state index in [1.165, 1.54) is 12.1 Å². The van der Waals surface area contributed by atoms with E-state index in [4.69, 9.17) is 18.9 Å². The summed E-state index contributed by atoms with van der Waals surface area (Å²) in [6.45, 7) is 1.41. The minimum absolute atomic E-state index is 0.0625. The highest BCUT2D eigenvalue weighted by Gasteiger charge is 2.50. The van der Waals surface area contributed by atoms with Crippen molar-refractivity contribution in [2.45, 2.75) is 81.8 Å². The van der Waals surface area contributed by atoms with Gasteiger partial charge < -0.3 is 39.4 Å². The Labute approximate surface area is 231 Å². The predicted molar refractivity (Wildman–Crippen MR) is 136 cm³/mol. The number of carbonyl (C=O) groups excluding carboxylic acids is 3. The third-order valence-corrected chi connectivity index (χ3v) is 8.18. The van der Waals surface area contributed by atoms with Crippen molar-refractivity contribution >= 4 is 17.9 Å². The maximum Gasteiger partial charge on any atom is 0.334 e. The number of aliphatic hydroxyl groups excluding tert-OH is 3. The minimum Gasteiger partial charge on any atom is -0.508 e. The molecule has 0 aromatic heterocycles. The topological polar surface area (TPSA) is 169 Å². The lowest BCUT2D eigenvalue weighted by Crippen LogP contribution is -2.58. The quantitative estimate of drug-likeness (QED) is 0.222. The summed E-state index contributed by atoms with van der Waals surface area (Å²) in [5.74, 6) is -2.10. The Bertz CT molecular complexity index is 1190. The molecule has 0 unspecified atom stereocenters. The zero-order valence-electron chi connectivity index (χ0n) is 22.0. The summed E-state index contributed by atoms with van der Waals surface area (Å²) >= 11 is 0. The van der Waals surface area contributed by atoms with Crippen LogP contribution in [-0.4, -0.2) is 87.7 Å². The number of aromatic hydroxyl groups is 1. The van der Waals surface area contributed by atoms with E-state index >= 15 is 0 Å². The van der Waals surface area contributed by atoms with Crippen molar-refractivity contribution in [1.29, 1.82) is 0 Å². The third-order valence-electron chi connectivity index (χ3n) is 8.18. The molecule has 1 aromatic rings. The molecule has 3 heterocycles. The van der Waals surface area contributed by atoms with Gasteiger partial charge in [0.15, 0.2) is 0 Å². The smallest absolute Gasteiger partial charge is 0.334 e. The molecular formula is C29H34O11. The van der Waals surface area contributed by atoms with Crippen molar-refractivity contribution < 1.29 is 53.8 Å². The number of aliphatic hydroxyl groups is 3. The Hall–Kier alpha value is -3.25. The van der Waals surface area contributed by atoms with Gasteiger partial charge in [0, 0.05) is 12.0 Å². The lowest BCUT2D eigenvalue weighted by Gasteiger charge is -2.41. The van der Waals surface area contributed by atoms with Gasteiger partial charge in [-0.05, 0) is 43.0 Å². The molecule has 4 aliphatic rings. The van der Waals surface area contributed by atoms with Crippen LogP contribution < -0.4 is 0 Å². The SMILES string of the molecule is C[C@@H]1C(=O)O[C@@H]2/C=C(/C[C@@H]3O[C@H](COC(=O)Cc4ccc(O)cc4)[C@@H](O)[C@H](O)[C@H]3O)CCC=C3C[C@H](OC3=O)[C@@H]12. The molecule has 216 valence electrons. The first-order valence-corrected chi connectivity index (χ1v) is 13.5. The van der Waals surface area contributed by atoms with Gasteiger partial charge >= 0.3 is 17.9 Å². The molecule has 4 N–H and O–H groups in total. The lowest BCUT2D eigenvalue weighted by atomic mass is 9.82. The van der Waals surface area contributed by atoms with E-state index in [0.29, 0.717) is 30.4 Å². The summed E-state index contributed by atoms with van der Waals surface area (Å²) in [5.41, 5.74) is 1.98. The zero-order valence-corrected chi connectivity index (χ0v) is 22.0. The molecule has 3 fully saturated rings. The first kappa shape index (κ1) is 28.3. The number of esters is 3. The lowest BCUT2D eigenvalue weighted by molar-refractivity contribution is -0.231. The molecular weight excluding hydrogens is 524 g/mol. The van der Waals surface area contributed by atoms with Crippen LogP contribution in [0.2, 0.25) is 0 Å². The summed E-state index contributed by atoms with van der Waals surface area (Å²) < 4.78 is 22.4. The van der Waals surface area contributed by atoms with Crippen molar-refractivity contribution in [1.82, 2.24) is 0 Å². The minimum atomic E-state index is -1.54. The van der Waals surface area contributed by atoms with Crippen molar-refractivity contribution in [2.75, 3.05) is 6.61 Å². The highest BCUT2D eigenvalue weighted by Crippen LogP contribution is 2.41. The Morgan fingerprint density at radius 2 is 1.75 bits per heavy atom. The van der Waals surface area contributed by atoms with E-state index in [1.54, 1.807) is 19.1 Å². The molecule has 0 spiro atoms. The third kappa shape index (κ3) is 5.92. The van der Waals surface area contributed by atoms with Crippen molar-refractivity contribution in [3.05, 3.63) is 53.1 Å². The number of ether oxygens (including phenoxy) is 4. The summed E-state index contributed by atoms with van der Waals surface area (Å²) in [4.78, 5) is 37.1. The van der Waals surface area contributed by atoms with Crippen LogP contribution in [0.3, 0.4) is 0 Å². The largest absolute Gasteiger partial charge is 0.508 e. The molecule has 9 atom stereocenters. The van der Waals surface area contributed by atoms with Gasteiger partial charge in [-0.3, -0.25) is 9.59 Å². The number of phenolic OH excluding ortho intramolecular Hbond substituents is 1. The zero-order chi connectivity index (χ0) is 28.6. The van der Waals surface area contributed by atoms with Crippen LogP contribution in [0.1, 0.15) is 38.2 Å². The van der Waals surface area contributed by atoms with E-state index in [2.05, 4.69) is 0 Å². The molecule has 0 radical (unpaired) electrons. The van der Waals surface area contributed by atoms with Gasteiger partial charge in [-0.15, -0.1) is 0 Å². The van der Waals surface area contributed by atoms with Gasteiger partial charge in [-0.2, -0.15) is 0 Å². The maximum absolute atomic E-state index is 12.4. The number of carbonyl (C=O) groups is 3. The summed E-state index contributed by atoms with van der Waals surface area (Å²) in [6, 6.07) is 6.08. The molecule has 2 bridgehead atoms. The summed E-state index contributed by atoms with van der Waals surface area (Å²) in [6.07, 6.45) is -2.44. The second-order valence-electron chi connectivity index (χ2n) is 10.9. The second kappa shape index (κ2) is 11.7. The fourth-order valence-corrected chi connectivity index (χ4v) is 5.89. The number of rotatable bonds is 6. The monoisotopic (exact) mass is 558 g/mol. The Balaban J connectivity index is 1.27. The van der Waals surface area contributed by atoms with Gasteiger partial charge in [0.1, 0.15) is 49.0 Å². The second-order valence-corrected chi connectivity index (χ2v) is 10.9. The van der Waals surface area contributed by atoms with Crippen LogP contribution in [0.15, 0.2) is 47.6 Å². The molecule has 3 aliphatic heterocycles. The highest BCUT2D eigenvalue weighted by molar-refractivity contribution is 5.91. The Morgan fingerprint density at radius 3 is 2.50 bits per heavy atom. The van der Waals surface area contributed by atoms with Crippen LogP contribution in [-0.2, 0) is 39.8 Å². The van der Waals surface area contributed by atoms with Crippen molar-refractivity contribution in [3.63, 3.8) is 0 Å². The number of hydrogen-bond acceptors (Lipinski definition) is 11. The molecule has 40 heavy (non-hydrogen) atoms. The number of hydrogen-bond donors (Lipinski definition) is 4. The standard InChI is InChI=1S/C29H34O11/c1-14-24-19(39-28(14)35)9-16(3-2-4-17-12-20(24)40-29(17)36)10-21-25(32)27(34)26(33)22(38-21)13-37-23(31)11-15-5-7-18(30)8-6-15/h4-9,14,19-22,24-27,30,32-34H,2-3,10-13H2,1H3/b16-9+,17-4?/t14-,19+,20-,21-,22+,24-,25-,26+,27+/m0/s1.